The monoisotopic (exact) mass is 286 g/mol. The van der Waals surface area contributed by atoms with E-state index >= 15 is 0 Å². The zero-order chi connectivity index (χ0) is 15.3. The van der Waals surface area contributed by atoms with Gasteiger partial charge < -0.3 is 0 Å². The molecule has 0 heteroatoms. The van der Waals surface area contributed by atoms with Crippen LogP contribution in [0.4, 0.5) is 0 Å². The molecule has 21 heavy (non-hydrogen) atoms. The summed E-state index contributed by atoms with van der Waals surface area (Å²) in [7, 11) is 0. The van der Waals surface area contributed by atoms with Crippen LogP contribution in [0, 0.1) is 10.8 Å². The molecule has 0 nitrogen and oxygen atoms in total. The van der Waals surface area contributed by atoms with Crippen LogP contribution in [0.3, 0.4) is 0 Å². The Labute approximate surface area is 132 Å². The van der Waals surface area contributed by atoms with Crippen molar-refractivity contribution in [2.75, 3.05) is 0 Å². The lowest BCUT2D eigenvalue weighted by Crippen LogP contribution is -2.28. The van der Waals surface area contributed by atoms with Crippen LogP contribution in [0.15, 0.2) is 35.5 Å². The molecule has 0 fully saturated rings. The van der Waals surface area contributed by atoms with Gasteiger partial charge in [0.1, 0.15) is 0 Å². The molecule has 118 valence electrons. The Bertz CT molecular complexity index is 395. The Morgan fingerprint density at radius 1 is 0.714 bits per heavy atom. The maximum Gasteiger partial charge on any atom is 0.00875 e. The third-order valence-electron chi connectivity index (χ3n) is 5.68. The molecular weight excluding hydrogens is 252 g/mol. The van der Waals surface area contributed by atoms with Gasteiger partial charge in [0.15, 0.2) is 0 Å². The second kappa shape index (κ2) is 6.99. The molecule has 0 saturated carbocycles. The summed E-state index contributed by atoms with van der Waals surface area (Å²) in [6, 6.07) is 0. The fourth-order valence-electron chi connectivity index (χ4n) is 3.32. The molecule has 0 amide bonds. The van der Waals surface area contributed by atoms with E-state index in [1.807, 2.05) is 0 Å². The summed E-state index contributed by atoms with van der Waals surface area (Å²) in [4.78, 5) is 0. The SMILES string of the molecule is CC(C)(C)C1(C)C=CC2=C(C=C1)CCCCCCCCC2. The van der Waals surface area contributed by atoms with Crippen molar-refractivity contribution in [2.45, 2.75) is 85.5 Å². The number of rotatable bonds is 0. The minimum absolute atomic E-state index is 0.164. The molecule has 0 heterocycles. The van der Waals surface area contributed by atoms with Crippen molar-refractivity contribution in [1.29, 1.82) is 0 Å². The van der Waals surface area contributed by atoms with Crippen LogP contribution in [-0.4, -0.2) is 0 Å². The van der Waals surface area contributed by atoms with Gasteiger partial charge in [0.05, 0.1) is 0 Å². The Kier molecular flexibility index (Phi) is 5.52. The maximum atomic E-state index is 2.46. The lowest BCUT2D eigenvalue weighted by molar-refractivity contribution is 0.228. The predicted molar refractivity (Wildman–Crippen MR) is 94.4 cm³/mol. The zero-order valence-electron chi connectivity index (χ0n) is 14.7. The molecule has 0 aromatic heterocycles. The van der Waals surface area contributed by atoms with Crippen molar-refractivity contribution in [1.82, 2.24) is 0 Å². The van der Waals surface area contributed by atoms with E-state index in [0.29, 0.717) is 0 Å². The van der Waals surface area contributed by atoms with Crippen molar-refractivity contribution < 1.29 is 0 Å². The van der Waals surface area contributed by atoms with Crippen LogP contribution in [-0.2, 0) is 0 Å². The third-order valence-corrected chi connectivity index (χ3v) is 5.68. The first kappa shape index (κ1) is 16.6. The average Bonchev–Trinajstić information content (AvgIpc) is 2.60. The van der Waals surface area contributed by atoms with E-state index in [0.717, 1.165) is 0 Å². The molecule has 2 rings (SSSR count). The highest BCUT2D eigenvalue weighted by molar-refractivity contribution is 5.39. The summed E-state index contributed by atoms with van der Waals surface area (Å²) in [5.41, 5.74) is 3.66. The fourth-order valence-corrected chi connectivity index (χ4v) is 3.32. The Balaban J connectivity index is 2.22. The average molecular weight is 287 g/mol. The second-order valence-corrected chi connectivity index (χ2v) is 8.22. The molecule has 0 aromatic carbocycles. The van der Waals surface area contributed by atoms with E-state index in [2.05, 4.69) is 52.0 Å². The molecule has 0 N–H and O–H groups in total. The fraction of sp³-hybridized carbons (Fsp3) is 0.714. The van der Waals surface area contributed by atoms with Crippen LogP contribution < -0.4 is 0 Å². The molecule has 0 saturated heterocycles. The van der Waals surface area contributed by atoms with Gasteiger partial charge >= 0.3 is 0 Å². The van der Waals surface area contributed by atoms with Crippen LogP contribution in [0.25, 0.3) is 0 Å². The topological polar surface area (TPSA) is 0 Å². The predicted octanol–water partition coefficient (Wildman–Crippen LogP) is 6.99. The molecular formula is C21H34. The first-order valence-corrected chi connectivity index (χ1v) is 9.03. The maximum absolute atomic E-state index is 2.46. The minimum atomic E-state index is 0.164. The van der Waals surface area contributed by atoms with Crippen molar-refractivity contribution in [2.24, 2.45) is 10.8 Å². The summed E-state index contributed by atoms with van der Waals surface area (Å²) in [5, 5.41) is 0. The highest BCUT2D eigenvalue weighted by Crippen LogP contribution is 2.43. The number of allylic oxidation sites excluding steroid dienone is 6. The van der Waals surface area contributed by atoms with E-state index in [9.17, 15) is 0 Å². The highest BCUT2D eigenvalue weighted by atomic mass is 14.4. The molecule has 2 aliphatic carbocycles. The molecule has 0 aromatic rings. The van der Waals surface area contributed by atoms with E-state index < -0.39 is 0 Å². The van der Waals surface area contributed by atoms with Crippen LogP contribution in [0.2, 0.25) is 0 Å². The quantitative estimate of drug-likeness (QED) is 0.450. The molecule has 0 atom stereocenters. The number of hydrogen-bond acceptors (Lipinski definition) is 0. The largest absolute Gasteiger partial charge is 0.0740 e. The van der Waals surface area contributed by atoms with Gasteiger partial charge in [-0.05, 0) is 42.2 Å². The van der Waals surface area contributed by atoms with Crippen LogP contribution >= 0.6 is 0 Å². The van der Waals surface area contributed by atoms with Crippen molar-refractivity contribution in [3.05, 3.63) is 35.5 Å². The van der Waals surface area contributed by atoms with E-state index in [4.69, 9.17) is 0 Å². The Morgan fingerprint density at radius 3 is 1.48 bits per heavy atom. The van der Waals surface area contributed by atoms with Gasteiger partial charge in [-0.3, -0.25) is 0 Å². The van der Waals surface area contributed by atoms with Gasteiger partial charge in [0, 0.05) is 5.41 Å². The van der Waals surface area contributed by atoms with E-state index in [1.54, 1.807) is 11.1 Å². The smallest absolute Gasteiger partial charge is 0.00875 e. The van der Waals surface area contributed by atoms with Crippen LogP contribution in [0.1, 0.15) is 85.5 Å². The second-order valence-electron chi connectivity index (χ2n) is 8.22. The lowest BCUT2D eigenvalue weighted by atomic mass is 9.67. The van der Waals surface area contributed by atoms with Crippen molar-refractivity contribution in [3.8, 4) is 0 Å². The van der Waals surface area contributed by atoms with Crippen LogP contribution in [0.5, 0.6) is 0 Å². The highest BCUT2D eigenvalue weighted by Gasteiger charge is 2.33. The molecule has 2 aliphatic rings. The van der Waals surface area contributed by atoms with Crippen molar-refractivity contribution in [3.63, 3.8) is 0 Å². The number of hydrogen-bond donors (Lipinski definition) is 0. The lowest BCUT2D eigenvalue weighted by Gasteiger charge is -2.37. The molecule has 0 spiro atoms. The molecule has 0 radical (unpaired) electrons. The summed E-state index contributed by atoms with van der Waals surface area (Å²) in [6.45, 7) is 9.43. The summed E-state index contributed by atoms with van der Waals surface area (Å²) in [6.07, 6.45) is 22.2. The van der Waals surface area contributed by atoms with Gasteiger partial charge in [-0.25, -0.2) is 0 Å². The third kappa shape index (κ3) is 4.34. The Morgan fingerprint density at radius 2 is 1.10 bits per heavy atom. The van der Waals surface area contributed by atoms with Gasteiger partial charge in [0.25, 0.3) is 0 Å². The first-order chi connectivity index (χ1) is 9.92. The molecule has 0 bridgehead atoms. The molecule has 0 aliphatic heterocycles. The van der Waals surface area contributed by atoms with Gasteiger partial charge in [-0.1, -0.05) is 84.1 Å². The zero-order valence-corrected chi connectivity index (χ0v) is 14.7. The van der Waals surface area contributed by atoms with Gasteiger partial charge in [-0.2, -0.15) is 0 Å². The van der Waals surface area contributed by atoms with Gasteiger partial charge in [-0.15, -0.1) is 0 Å². The Hall–Kier alpha value is -0.780. The first-order valence-electron chi connectivity index (χ1n) is 9.03. The standard InChI is InChI=1S/C21H34/c1-20(2,3)21(4)16-14-18-12-10-8-6-5-7-9-11-13-19(18)15-17-21/h14-17H,5-13H2,1-4H3. The van der Waals surface area contributed by atoms with Gasteiger partial charge in [0.2, 0.25) is 0 Å². The molecule has 0 unspecified atom stereocenters. The van der Waals surface area contributed by atoms with E-state index in [-0.39, 0.29) is 10.8 Å². The minimum Gasteiger partial charge on any atom is -0.0740 e. The van der Waals surface area contributed by atoms with Crippen molar-refractivity contribution >= 4 is 0 Å². The van der Waals surface area contributed by atoms with E-state index in [1.165, 1.54) is 57.8 Å². The summed E-state index contributed by atoms with van der Waals surface area (Å²) in [5.74, 6) is 0. The normalized spacial score (nSPS) is 24.2. The summed E-state index contributed by atoms with van der Waals surface area (Å²) < 4.78 is 0. The summed E-state index contributed by atoms with van der Waals surface area (Å²) >= 11 is 0.